The molecule has 0 spiro atoms. The number of carbonyl (C=O) groups excluding carboxylic acids is 3. The van der Waals surface area contributed by atoms with Gasteiger partial charge in [-0.1, -0.05) is 42.1 Å². The van der Waals surface area contributed by atoms with Crippen molar-refractivity contribution in [3.05, 3.63) is 35.9 Å². The monoisotopic (exact) mass is 305 g/mol. The van der Waals surface area contributed by atoms with Crippen molar-refractivity contribution in [2.75, 3.05) is 0 Å². The molecule has 2 fully saturated rings. The van der Waals surface area contributed by atoms with E-state index >= 15 is 0 Å². The Balaban J connectivity index is 1.78. The molecule has 0 bridgehead atoms. The molecule has 0 radical (unpaired) electrons. The first-order chi connectivity index (χ1) is 10.0. The van der Waals surface area contributed by atoms with Crippen molar-refractivity contribution >= 4 is 28.7 Å². The Bertz CT molecular complexity index is 603. The maximum absolute atomic E-state index is 12.3. The molecule has 3 rings (SSSR count). The van der Waals surface area contributed by atoms with E-state index in [9.17, 15) is 19.5 Å². The van der Waals surface area contributed by atoms with Crippen LogP contribution in [0, 0.1) is 5.92 Å². The fourth-order valence-electron chi connectivity index (χ4n) is 3.09. The van der Waals surface area contributed by atoms with Gasteiger partial charge in [0, 0.05) is 6.42 Å². The average Bonchev–Trinajstić information content (AvgIpc) is 2.89. The topological polar surface area (TPSA) is 83.5 Å². The van der Waals surface area contributed by atoms with Crippen molar-refractivity contribution in [2.45, 2.75) is 30.1 Å². The number of carbonyl (C=O) groups is 3. The zero-order chi connectivity index (χ0) is 15.0. The van der Waals surface area contributed by atoms with Crippen LogP contribution in [-0.4, -0.2) is 32.9 Å². The lowest BCUT2D eigenvalue weighted by Gasteiger charge is -2.23. The van der Waals surface area contributed by atoms with Crippen molar-refractivity contribution in [3.8, 4) is 0 Å². The van der Waals surface area contributed by atoms with E-state index in [0.29, 0.717) is 12.8 Å². The van der Waals surface area contributed by atoms with Gasteiger partial charge in [0.25, 0.3) is 0 Å². The summed E-state index contributed by atoms with van der Waals surface area (Å²) in [6, 6.07) is 9.25. The van der Waals surface area contributed by atoms with Crippen LogP contribution in [0.15, 0.2) is 30.3 Å². The molecule has 3 atom stereocenters. The van der Waals surface area contributed by atoms with E-state index in [1.165, 1.54) is 0 Å². The molecule has 1 aliphatic heterocycles. The van der Waals surface area contributed by atoms with E-state index in [4.69, 9.17) is 0 Å². The maximum Gasteiger partial charge on any atom is 0.244 e. The molecule has 1 aromatic rings. The van der Waals surface area contributed by atoms with Crippen LogP contribution in [0.2, 0.25) is 0 Å². The zero-order valence-corrected chi connectivity index (χ0v) is 12.1. The summed E-state index contributed by atoms with van der Waals surface area (Å²) in [6.45, 7) is 0. The third-order valence-corrected chi connectivity index (χ3v) is 5.47. The molecule has 2 N–H and O–H groups in total. The number of benzene rings is 1. The minimum absolute atomic E-state index is 0.162. The van der Waals surface area contributed by atoms with Gasteiger partial charge in [0.1, 0.15) is 4.75 Å². The highest BCUT2D eigenvalue weighted by Gasteiger charge is 2.62. The molecule has 110 valence electrons. The van der Waals surface area contributed by atoms with Gasteiger partial charge in [-0.2, -0.15) is 0 Å². The standard InChI is InChI=1S/C15H15NO4S/c17-10-6-7-15(12(10)13(19)16-14(15)20)21-11(18)8-9-4-2-1-3-5-9/h1-5,10,12,17H,6-8H2,(H,16,19,20)/t10-,12-,15+/m1/s1. The van der Waals surface area contributed by atoms with Gasteiger partial charge in [-0.3, -0.25) is 19.7 Å². The number of hydrogen-bond acceptors (Lipinski definition) is 5. The lowest BCUT2D eigenvalue weighted by atomic mass is 9.97. The van der Waals surface area contributed by atoms with Crippen molar-refractivity contribution in [3.63, 3.8) is 0 Å². The Morgan fingerprint density at radius 3 is 2.76 bits per heavy atom. The second-order valence-corrected chi connectivity index (χ2v) is 6.82. The van der Waals surface area contributed by atoms with Crippen LogP contribution >= 0.6 is 11.8 Å². The van der Waals surface area contributed by atoms with Crippen LogP contribution in [-0.2, 0) is 20.8 Å². The summed E-state index contributed by atoms with van der Waals surface area (Å²) >= 11 is 0.904. The van der Waals surface area contributed by atoms with Crippen LogP contribution in [0.5, 0.6) is 0 Å². The molecule has 1 aliphatic carbocycles. The van der Waals surface area contributed by atoms with Gasteiger partial charge in [-0.15, -0.1) is 0 Å². The first kappa shape index (κ1) is 14.3. The van der Waals surface area contributed by atoms with E-state index in [0.717, 1.165) is 17.3 Å². The number of fused-ring (bicyclic) bond motifs is 1. The molecule has 1 saturated heterocycles. The molecule has 1 heterocycles. The van der Waals surface area contributed by atoms with E-state index in [1.807, 2.05) is 30.3 Å². The van der Waals surface area contributed by atoms with Crippen LogP contribution in [0.1, 0.15) is 18.4 Å². The second kappa shape index (κ2) is 5.27. The Hall–Kier alpha value is -1.66. The fourth-order valence-corrected chi connectivity index (χ4v) is 4.49. The minimum Gasteiger partial charge on any atom is -0.392 e. The smallest absolute Gasteiger partial charge is 0.244 e. The highest BCUT2D eigenvalue weighted by Crippen LogP contribution is 2.49. The lowest BCUT2D eigenvalue weighted by molar-refractivity contribution is -0.127. The lowest BCUT2D eigenvalue weighted by Crippen LogP contribution is -2.39. The Morgan fingerprint density at radius 2 is 2.05 bits per heavy atom. The number of nitrogens with one attached hydrogen (secondary N) is 1. The van der Waals surface area contributed by atoms with Gasteiger partial charge in [0.15, 0.2) is 5.12 Å². The predicted molar refractivity (Wildman–Crippen MR) is 77.4 cm³/mol. The SMILES string of the molecule is O=C(Cc1ccccc1)S[C@@]12CC[C@@H](O)[C@@H]1C(=O)NC2=O. The van der Waals surface area contributed by atoms with Gasteiger partial charge in [-0.25, -0.2) is 0 Å². The van der Waals surface area contributed by atoms with Crippen LogP contribution in [0.4, 0.5) is 0 Å². The van der Waals surface area contributed by atoms with Crippen LogP contribution < -0.4 is 5.32 Å². The molecule has 5 nitrogen and oxygen atoms in total. The van der Waals surface area contributed by atoms with E-state index < -0.39 is 28.6 Å². The zero-order valence-electron chi connectivity index (χ0n) is 11.2. The summed E-state index contributed by atoms with van der Waals surface area (Å²) in [4.78, 5) is 36.2. The average molecular weight is 305 g/mol. The largest absolute Gasteiger partial charge is 0.392 e. The number of hydrogen-bond donors (Lipinski definition) is 2. The Kier molecular flexibility index (Phi) is 3.59. The molecule has 1 saturated carbocycles. The molecule has 0 unspecified atom stereocenters. The van der Waals surface area contributed by atoms with Gasteiger partial charge < -0.3 is 5.11 Å². The van der Waals surface area contributed by atoms with Gasteiger partial charge in [0.2, 0.25) is 11.8 Å². The summed E-state index contributed by atoms with van der Waals surface area (Å²) in [5.41, 5.74) is 0.867. The fraction of sp³-hybridized carbons (Fsp3) is 0.400. The maximum atomic E-state index is 12.3. The molecule has 2 aliphatic rings. The predicted octanol–water partition coefficient (Wildman–Crippen LogP) is 0.655. The quantitative estimate of drug-likeness (QED) is 0.801. The number of thioether (sulfide) groups is 1. The molecule has 1 aromatic carbocycles. The first-order valence-electron chi connectivity index (χ1n) is 6.82. The normalized spacial score (nSPS) is 31.1. The summed E-state index contributed by atoms with van der Waals surface area (Å²) in [6.07, 6.45) is 0.0719. The van der Waals surface area contributed by atoms with Crippen LogP contribution in [0.3, 0.4) is 0 Å². The highest BCUT2D eigenvalue weighted by molar-refractivity contribution is 8.15. The van der Waals surface area contributed by atoms with Crippen molar-refractivity contribution in [1.82, 2.24) is 5.32 Å². The summed E-state index contributed by atoms with van der Waals surface area (Å²) < 4.78 is -1.12. The van der Waals surface area contributed by atoms with Gasteiger partial charge in [0.05, 0.1) is 12.0 Å². The van der Waals surface area contributed by atoms with Crippen molar-refractivity contribution < 1.29 is 19.5 Å². The van der Waals surface area contributed by atoms with Crippen molar-refractivity contribution in [1.29, 1.82) is 0 Å². The summed E-state index contributed by atoms with van der Waals surface area (Å²) in [5, 5.41) is 12.0. The molecule has 6 heteroatoms. The first-order valence-corrected chi connectivity index (χ1v) is 7.64. The molecule has 2 amide bonds. The van der Waals surface area contributed by atoms with E-state index in [-0.39, 0.29) is 11.5 Å². The number of imide groups is 1. The van der Waals surface area contributed by atoms with Gasteiger partial charge in [-0.05, 0) is 18.4 Å². The number of amides is 2. The Morgan fingerprint density at radius 1 is 1.33 bits per heavy atom. The van der Waals surface area contributed by atoms with E-state index in [2.05, 4.69) is 5.32 Å². The summed E-state index contributed by atoms with van der Waals surface area (Å²) in [7, 11) is 0. The number of aliphatic hydroxyl groups is 1. The molecular formula is C15H15NO4S. The molecule has 0 aromatic heterocycles. The Labute approximate surface area is 126 Å². The number of rotatable bonds is 3. The second-order valence-electron chi connectivity index (χ2n) is 5.43. The van der Waals surface area contributed by atoms with E-state index in [1.54, 1.807) is 0 Å². The molecular weight excluding hydrogens is 290 g/mol. The third kappa shape index (κ3) is 2.38. The van der Waals surface area contributed by atoms with Crippen LogP contribution in [0.25, 0.3) is 0 Å². The minimum atomic E-state index is -1.12. The van der Waals surface area contributed by atoms with Crippen molar-refractivity contribution in [2.24, 2.45) is 5.92 Å². The highest BCUT2D eigenvalue weighted by atomic mass is 32.2. The summed E-state index contributed by atoms with van der Waals surface area (Å²) in [5.74, 6) is -1.72. The number of aliphatic hydroxyl groups excluding tert-OH is 1. The third-order valence-electron chi connectivity index (χ3n) is 4.09. The van der Waals surface area contributed by atoms with Gasteiger partial charge >= 0.3 is 0 Å². The molecule has 21 heavy (non-hydrogen) atoms.